The van der Waals surface area contributed by atoms with Crippen molar-refractivity contribution in [2.75, 3.05) is 11.9 Å². The van der Waals surface area contributed by atoms with Gasteiger partial charge in [-0.25, -0.2) is 18.5 Å². The molecule has 0 spiro atoms. The number of sulfonamides is 1. The third kappa shape index (κ3) is 5.86. The highest BCUT2D eigenvalue weighted by atomic mass is 32.2. The van der Waals surface area contributed by atoms with Crippen LogP contribution in [0.4, 0.5) is 5.69 Å². The lowest BCUT2D eigenvalue weighted by Crippen LogP contribution is -2.29. The minimum absolute atomic E-state index is 0.0250. The molecule has 1 heterocycles. The molecule has 10 heteroatoms. The summed E-state index contributed by atoms with van der Waals surface area (Å²) < 4.78 is 22.7. The van der Waals surface area contributed by atoms with Gasteiger partial charge in [0.05, 0.1) is 16.5 Å². The number of benzene rings is 2. The van der Waals surface area contributed by atoms with Crippen LogP contribution in [0.1, 0.15) is 15.9 Å². The number of nitrogens with one attached hydrogen (secondary N) is 2. The van der Waals surface area contributed by atoms with Crippen LogP contribution in [-0.2, 0) is 26.0 Å². The molecule has 1 aliphatic heterocycles. The Morgan fingerprint density at radius 1 is 1.03 bits per heavy atom. The second-order valence-electron chi connectivity index (χ2n) is 7.93. The molecule has 2 aromatic rings. The number of allylic oxidation sites excluding steroid dienone is 4. The molecule has 0 radical (unpaired) electrons. The van der Waals surface area contributed by atoms with Crippen molar-refractivity contribution in [1.82, 2.24) is 5.32 Å². The summed E-state index contributed by atoms with van der Waals surface area (Å²) in [6.07, 6.45) is 8.75. The first-order valence-electron chi connectivity index (χ1n) is 10.7. The van der Waals surface area contributed by atoms with Gasteiger partial charge in [-0.3, -0.25) is 14.4 Å². The lowest BCUT2D eigenvalue weighted by Gasteiger charge is -2.21. The van der Waals surface area contributed by atoms with Gasteiger partial charge in [0, 0.05) is 29.4 Å². The summed E-state index contributed by atoms with van der Waals surface area (Å²) in [5, 5.41) is 10.6. The van der Waals surface area contributed by atoms with Crippen LogP contribution in [-0.4, -0.2) is 38.4 Å². The minimum Gasteiger partial charge on any atom is -0.352 e. The summed E-state index contributed by atoms with van der Waals surface area (Å²) >= 11 is 0. The predicted octanol–water partition coefficient (Wildman–Crippen LogP) is 1.89. The summed E-state index contributed by atoms with van der Waals surface area (Å²) in [7, 11) is -3.75. The van der Waals surface area contributed by atoms with Gasteiger partial charge in [0.1, 0.15) is 0 Å². The molecule has 0 saturated heterocycles. The average molecular weight is 491 g/mol. The average Bonchev–Trinajstić information content (AvgIpc) is 2.83. The first-order valence-corrected chi connectivity index (χ1v) is 12.3. The number of hydrogen-bond donors (Lipinski definition) is 3. The van der Waals surface area contributed by atoms with E-state index >= 15 is 0 Å². The van der Waals surface area contributed by atoms with Gasteiger partial charge in [-0.1, -0.05) is 36.4 Å². The zero-order valence-electron chi connectivity index (χ0n) is 18.5. The number of carbonyl (C=O) groups is 3. The number of carbonyl (C=O) groups excluding carboxylic acids is 3. The van der Waals surface area contributed by atoms with Crippen LogP contribution in [0.3, 0.4) is 0 Å². The van der Waals surface area contributed by atoms with Crippen LogP contribution < -0.4 is 15.8 Å². The summed E-state index contributed by atoms with van der Waals surface area (Å²) in [6.45, 7) is 0.322. The molecule has 0 saturated carbocycles. The Morgan fingerprint density at radius 3 is 2.54 bits per heavy atom. The molecule has 1 unspecified atom stereocenters. The number of nitrogens with zero attached hydrogens (tertiary/aromatic N) is 1. The lowest BCUT2D eigenvalue weighted by molar-refractivity contribution is -0.116. The highest BCUT2D eigenvalue weighted by Crippen LogP contribution is 2.25. The van der Waals surface area contributed by atoms with Gasteiger partial charge in [0.25, 0.3) is 17.7 Å². The van der Waals surface area contributed by atoms with E-state index in [1.807, 2.05) is 0 Å². The Hall–Kier alpha value is -4.15. The number of fused-ring (bicyclic) bond motifs is 1. The van der Waals surface area contributed by atoms with Gasteiger partial charge in [-0.2, -0.15) is 0 Å². The van der Waals surface area contributed by atoms with Gasteiger partial charge in [-0.15, -0.1) is 0 Å². The molecule has 4 rings (SSSR count). The van der Waals surface area contributed by atoms with Crippen LogP contribution in [0.25, 0.3) is 0 Å². The predicted molar refractivity (Wildman–Crippen MR) is 131 cm³/mol. The van der Waals surface area contributed by atoms with E-state index in [-0.39, 0.29) is 16.4 Å². The summed E-state index contributed by atoms with van der Waals surface area (Å²) in [4.78, 5) is 41.3. The molecule has 9 nitrogen and oxygen atoms in total. The van der Waals surface area contributed by atoms with Crippen molar-refractivity contribution in [2.24, 2.45) is 16.0 Å². The van der Waals surface area contributed by atoms with E-state index in [4.69, 9.17) is 5.14 Å². The van der Waals surface area contributed by atoms with Gasteiger partial charge >= 0.3 is 0 Å². The smallest absolute Gasteiger partial charge is 0.270 e. The highest BCUT2D eigenvalue weighted by Gasteiger charge is 2.28. The Bertz CT molecular complexity index is 1420. The summed E-state index contributed by atoms with van der Waals surface area (Å²) in [5.74, 6) is -1.67. The maximum atomic E-state index is 12.9. The van der Waals surface area contributed by atoms with Crippen molar-refractivity contribution >= 4 is 39.1 Å². The largest absolute Gasteiger partial charge is 0.352 e. The van der Waals surface area contributed by atoms with Crippen molar-refractivity contribution in [3.63, 3.8) is 0 Å². The van der Waals surface area contributed by atoms with E-state index in [2.05, 4.69) is 15.6 Å². The van der Waals surface area contributed by atoms with Gasteiger partial charge in [0.2, 0.25) is 10.0 Å². The van der Waals surface area contributed by atoms with Crippen molar-refractivity contribution in [3.8, 4) is 0 Å². The molecular weight excluding hydrogens is 468 g/mol. The monoisotopic (exact) mass is 490 g/mol. The zero-order valence-corrected chi connectivity index (χ0v) is 19.3. The standard InChI is InChI=1S/C25H22N4O5S/c26-35(33,34)19-10-8-16(9-11-19)12-13-27-24(31)17-4-3-5-18(14-17)28-25(32)21-15-23(30)29-22-7-2-1-6-20(21)22/h1-11,14-15,20H,12-13H2,(H,27,31)(H,28,32)(H2,26,33,34). The quantitative estimate of drug-likeness (QED) is 0.542. The van der Waals surface area contributed by atoms with Crippen molar-refractivity contribution in [3.05, 3.63) is 95.6 Å². The molecule has 1 atom stereocenters. The Labute approximate surface area is 202 Å². The molecule has 3 amide bonds. The zero-order chi connectivity index (χ0) is 25.0. The molecule has 4 N–H and O–H groups in total. The molecule has 35 heavy (non-hydrogen) atoms. The van der Waals surface area contributed by atoms with Crippen LogP contribution in [0.2, 0.25) is 0 Å². The fraction of sp³-hybridized carbons (Fsp3) is 0.120. The van der Waals surface area contributed by atoms with E-state index < -0.39 is 27.8 Å². The molecule has 178 valence electrons. The Balaban J connectivity index is 1.36. The Kier molecular flexibility index (Phi) is 6.85. The molecule has 0 bridgehead atoms. The molecule has 0 fully saturated rings. The number of hydrogen-bond acceptors (Lipinski definition) is 5. The van der Waals surface area contributed by atoms with Gasteiger partial charge < -0.3 is 10.6 Å². The topological polar surface area (TPSA) is 148 Å². The molecule has 0 aromatic heterocycles. The molecule has 1 aliphatic carbocycles. The van der Waals surface area contributed by atoms with E-state index in [1.54, 1.807) is 60.7 Å². The maximum Gasteiger partial charge on any atom is 0.270 e. The SMILES string of the molecule is NS(=O)(=O)c1ccc(CCNC(=O)c2cccc(NC(=O)C3=CC(=O)N=C4C=CC=CC34)c2)cc1. The maximum absolute atomic E-state index is 12.9. The van der Waals surface area contributed by atoms with Crippen LogP contribution in [0.5, 0.6) is 0 Å². The van der Waals surface area contributed by atoms with Crippen molar-refractivity contribution in [1.29, 1.82) is 0 Å². The first kappa shape index (κ1) is 24.0. The lowest BCUT2D eigenvalue weighted by atomic mass is 9.87. The molecule has 2 aromatic carbocycles. The van der Waals surface area contributed by atoms with Gasteiger partial charge in [-0.05, 0) is 48.4 Å². The van der Waals surface area contributed by atoms with Crippen molar-refractivity contribution in [2.45, 2.75) is 11.3 Å². The van der Waals surface area contributed by atoms with E-state index in [1.165, 1.54) is 18.2 Å². The highest BCUT2D eigenvalue weighted by molar-refractivity contribution is 7.89. The van der Waals surface area contributed by atoms with E-state index in [0.29, 0.717) is 29.9 Å². The third-order valence-corrected chi connectivity index (χ3v) is 6.38. The number of nitrogens with two attached hydrogens (primary N) is 1. The first-order chi connectivity index (χ1) is 16.7. The Morgan fingerprint density at radius 2 is 1.80 bits per heavy atom. The second kappa shape index (κ2) is 10.00. The van der Waals surface area contributed by atoms with E-state index in [0.717, 1.165) is 5.56 Å². The minimum atomic E-state index is -3.75. The van der Waals surface area contributed by atoms with Crippen molar-refractivity contribution < 1.29 is 22.8 Å². The third-order valence-electron chi connectivity index (χ3n) is 5.45. The number of rotatable bonds is 7. The fourth-order valence-corrected chi connectivity index (χ4v) is 4.22. The number of dihydropyridines is 1. The summed E-state index contributed by atoms with van der Waals surface area (Å²) in [5.41, 5.74) is 2.39. The van der Waals surface area contributed by atoms with Crippen LogP contribution in [0, 0.1) is 5.92 Å². The molecule has 2 aliphatic rings. The fourth-order valence-electron chi connectivity index (χ4n) is 3.70. The van der Waals surface area contributed by atoms with E-state index in [9.17, 15) is 22.8 Å². The number of primary sulfonamides is 1. The van der Waals surface area contributed by atoms with Crippen LogP contribution >= 0.6 is 0 Å². The summed E-state index contributed by atoms with van der Waals surface area (Å²) in [6, 6.07) is 12.6. The number of amides is 3. The number of anilines is 1. The van der Waals surface area contributed by atoms with Crippen LogP contribution in [0.15, 0.2) is 94.4 Å². The molecular formula is C25H22N4O5S. The normalized spacial score (nSPS) is 16.7. The number of aliphatic imine (C=N–C) groups is 1. The second-order valence-corrected chi connectivity index (χ2v) is 9.49. The van der Waals surface area contributed by atoms with Gasteiger partial charge in [0.15, 0.2) is 0 Å².